The Hall–Kier alpha value is -2.15. The zero-order valence-corrected chi connectivity index (χ0v) is 13.3. The highest BCUT2D eigenvalue weighted by molar-refractivity contribution is 8.01. The maximum atomic E-state index is 12.3. The topological polar surface area (TPSA) is 68.2 Å². The molecule has 0 aromatic carbocycles. The fraction of sp³-hybridized carbons (Fsp3) is 0.375. The smallest absolute Gasteiger partial charge is 0.255 e. The van der Waals surface area contributed by atoms with Crippen molar-refractivity contribution in [1.29, 1.82) is 0 Å². The van der Waals surface area contributed by atoms with Crippen LogP contribution in [-0.2, 0) is 0 Å². The van der Waals surface area contributed by atoms with Crippen molar-refractivity contribution in [2.45, 2.75) is 17.3 Å². The molecule has 0 aliphatic carbocycles. The molecular weight excluding hydrogens is 312 g/mol. The number of nitrogens with zero attached hydrogens (tertiary/aromatic N) is 4. The van der Waals surface area contributed by atoms with Crippen LogP contribution < -0.4 is 4.74 Å². The van der Waals surface area contributed by atoms with E-state index in [1.54, 1.807) is 18.5 Å². The van der Waals surface area contributed by atoms with Gasteiger partial charge in [0.15, 0.2) is 0 Å². The second-order valence-corrected chi connectivity index (χ2v) is 7.39. The highest BCUT2D eigenvalue weighted by Gasteiger charge is 2.51. The molecule has 2 aromatic heterocycles. The van der Waals surface area contributed by atoms with E-state index in [1.807, 2.05) is 34.9 Å². The van der Waals surface area contributed by atoms with E-state index in [1.165, 1.54) is 6.20 Å². The third-order valence-electron chi connectivity index (χ3n) is 4.18. The Kier molecular flexibility index (Phi) is 3.65. The fourth-order valence-electron chi connectivity index (χ4n) is 3.08. The standard InChI is InChI=1S/C16H16N4O2S/c21-15(12-4-6-18-19-8-12)20-10-16(11-20)7-13(9-23-16)22-14-3-1-2-5-17-14/h1-6,8,13H,7,9-11H2. The van der Waals surface area contributed by atoms with Gasteiger partial charge in [0.1, 0.15) is 6.10 Å². The summed E-state index contributed by atoms with van der Waals surface area (Å²) in [5.74, 6) is 1.64. The van der Waals surface area contributed by atoms with Crippen molar-refractivity contribution in [2.24, 2.45) is 0 Å². The first kappa shape index (κ1) is 14.4. The minimum absolute atomic E-state index is 0.0280. The number of rotatable bonds is 3. The van der Waals surface area contributed by atoms with Gasteiger partial charge < -0.3 is 9.64 Å². The summed E-state index contributed by atoms with van der Waals surface area (Å²) in [6.07, 6.45) is 5.91. The van der Waals surface area contributed by atoms with Crippen LogP contribution in [0.2, 0.25) is 0 Å². The van der Waals surface area contributed by atoms with Crippen LogP contribution in [0.15, 0.2) is 42.9 Å². The Morgan fingerprint density at radius 2 is 2.17 bits per heavy atom. The van der Waals surface area contributed by atoms with Gasteiger partial charge in [0.25, 0.3) is 5.91 Å². The highest BCUT2D eigenvalue weighted by Crippen LogP contribution is 2.46. The quantitative estimate of drug-likeness (QED) is 0.853. The lowest BCUT2D eigenvalue weighted by Crippen LogP contribution is -2.60. The normalized spacial score (nSPS) is 21.9. The van der Waals surface area contributed by atoms with Gasteiger partial charge in [0.2, 0.25) is 5.88 Å². The maximum Gasteiger partial charge on any atom is 0.255 e. The highest BCUT2D eigenvalue weighted by atomic mass is 32.2. The van der Waals surface area contributed by atoms with Gasteiger partial charge in [-0.25, -0.2) is 4.98 Å². The molecule has 1 atom stereocenters. The third kappa shape index (κ3) is 2.88. The van der Waals surface area contributed by atoms with E-state index >= 15 is 0 Å². The molecule has 4 heterocycles. The number of hydrogen-bond donors (Lipinski definition) is 0. The zero-order chi connectivity index (χ0) is 15.7. The first-order valence-corrected chi connectivity index (χ1v) is 8.50. The lowest BCUT2D eigenvalue weighted by Gasteiger charge is -2.47. The van der Waals surface area contributed by atoms with Crippen LogP contribution in [0.5, 0.6) is 5.88 Å². The second-order valence-electron chi connectivity index (χ2n) is 5.90. The van der Waals surface area contributed by atoms with E-state index < -0.39 is 0 Å². The Morgan fingerprint density at radius 1 is 1.26 bits per heavy atom. The molecular formula is C16H16N4O2S. The minimum atomic E-state index is 0.0280. The van der Waals surface area contributed by atoms with Crippen molar-refractivity contribution in [3.8, 4) is 5.88 Å². The van der Waals surface area contributed by atoms with Crippen molar-refractivity contribution in [3.63, 3.8) is 0 Å². The Morgan fingerprint density at radius 3 is 2.91 bits per heavy atom. The van der Waals surface area contributed by atoms with E-state index in [2.05, 4.69) is 15.2 Å². The van der Waals surface area contributed by atoms with E-state index in [9.17, 15) is 4.79 Å². The van der Waals surface area contributed by atoms with Gasteiger partial charge in [-0.1, -0.05) is 6.07 Å². The summed E-state index contributed by atoms with van der Waals surface area (Å²) in [4.78, 5) is 18.4. The number of likely N-dealkylation sites (tertiary alicyclic amines) is 1. The van der Waals surface area contributed by atoms with Crippen molar-refractivity contribution >= 4 is 17.7 Å². The van der Waals surface area contributed by atoms with E-state index in [4.69, 9.17) is 4.74 Å². The molecule has 4 rings (SSSR count). The molecule has 2 fully saturated rings. The summed E-state index contributed by atoms with van der Waals surface area (Å²) in [5, 5.41) is 7.47. The molecule has 0 radical (unpaired) electrons. The number of pyridine rings is 1. The van der Waals surface area contributed by atoms with Gasteiger partial charge in [-0.05, 0) is 12.1 Å². The summed E-state index contributed by atoms with van der Waals surface area (Å²) in [6, 6.07) is 7.38. The number of amides is 1. The van der Waals surface area contributed by atoms with Gasteiger partial charge in [-0.2, -0.15) is 10.2 Å². The molecule has 2 saturated heterocycles. The Bertz CT molecular complexity index is 692. The maximum absolute atomic E-state index is 12.3. The van der Waals surface area contributed by atoms with Crippen molar-refractivity contribution in [2.75, 3.05) is 18.8 Å². The van der Waals surface area contributed by atoms with Crippen LogP contribution in [0.4, 0.5) is 0 Å². The first-order chi connectivity index (χ1) is 11.2. The molecule has 6 nitrogen and oxygen atoms in total. The molecule has 0 bridgehead atoms. The number of ether oxygens (including phenoxy) is 1. The van der Waals surface area contributed by atoms with Crippen molar-refractivity contribution in [1.82, 2.24) is 20.1 Å². The molecule has 1 unspecified atom stereocenters. The molecule has 2 aliphatic heterocycles. The molecule has 1 amide bonds. The second kappa shape index (κ2) is 5.81. The Labute approximate surface area is 138 Å². The van der Waals surface area contributed by atoms with Crippen LogP contribution in [0.3, 0.4) is 0 Å². The zero-order valence-electron chi connectivity index (χ0n) is 12.5. The molecule has 118 valence electrons. The van der Waals surface area contributed by atoms with Gasteiger partial charge in [-0.15, -0.1) is 11.8 Å². The van der Waals surface area contributed by atoms with Crippen molar-refractivity contribution in [3.05, 3.63) is 48.4 Å². The van der Waals surface area contributed by atoms with Crippen LogP contribution in [0.1, 0.15) is 16.8 Å². The van der Waals surface area contributed by atoms with Crippen LogP contribution in [0, 0.1) is 0 Å². The summed E-state index contributed by atoms with van der Waals surface area (Å²) in [7, 11) is 0. The molecule has 1 spiro atoms. The van der Waals surface area contributed by atoms with Gasteiger partial charge in [-0.3, -0.25) is 4.79 Å². The van der Waals surface area contributed by atoms with E-state index in [-0.39, 0.29) is 16.8 Å². The molecule has 2 aromatic rings. The SMILES string of the molecule is O=C(c1ccnnc1)N1CC2(CC(Oc3ccccn3)CS2)C1. The van der Waals surface area contributed by atoms with Crippen LogP contribution >= 0.6 is 11.8 Å². The number of hydrogen-bond acceptors (Lipinski definition) is 6. The summed E-state index contributed by atoms with van der Waals surface area (Å²) in [5.41, 5.74) is 0.596. The van der Waals surface area contributed by atoms with E-state index in [0.29, 0.717) is 11.4 Å². The molecule has 0 saturated carbocycles. The predicted molar refractivity (Wildman–Crippen MR) is 86.4 cm³/mol. The monoisotopic (exact) mass is 328 g/mol. The fourth-order valence-corrected chi connectivity index (χ4v) is 4.60. The van der Waals surface area contributed by atoms with Gasteiger partial charge >= 0.3 is 0 Å². The number of carbonyl (C=O) groups is 1. The van der Waals surface area contributed by atoms with E-state index in [0.717, 1.165) is 25.3 Å². The molecule has 2 aliphatic rings. The third-order valence-corrected chi connectivity index (χ3v) is 5.75. The predicted octanol–water partition coefficient (Wildman–Crippen LogP) is 1.65. The van der Waals surface area contributed by atoms with Crippen LogP contribution in [-0.4, -0.2) is 55.7 Å². The number of aromatic nitrogens is 3. The largest absolute Gasteiger partial charge is 0.473 e. The average Bonchev–Trinajstić information content (AvgIpc) is 2.99. The first-order valence-electron chi connectivity index (χ1n) is 7.52. The van der Waals surface area contributed by atoms with Crippen LogP contribution in [0.25, 0.3) is 0 Å². The average molecular weight is 328 g/mol. The minimum Gasteiger partial charge on any atom is -0.473 e. The molecule has 7 heteroatoms. The lowest BCUT2D eigenvalue weighted by atomic mass is 9.92. The number of carbonyl (C=O) groups excluding carboxylic acids is 1. The summed E-state index contributed by atoms with van der Waals surface area (Å²) >= 11 is 1.90. The summed E-state index contributed by atoms with van der Waals surface area (Å²) < 4.78 is 6.07. The van der Waals surface area contributed by atoms with Gasteiger partial charge in [0.05, 0.1) is 22.7 Å². The number of thioether (sulfide) groups is 1. The summed E-state index contributed by atoms with van der Waals surface area (Å²) in [6.45, 7) is 1.53. The lowest BCUT2D eigenvalue weighted by molar-refractivity contribution is 0.0515. The molecule has 23 heavy (non-hydrogen) atoms. The molecule has 0 N–H and O–H groups in total. The van der Waals surface area contributed by atoms with Gasteiger partial charge in [0, 0.05) is 37.5 Å². The Balaban J connectivity index is 1.34. The van der Waals surface area contributed by atoms with Crippen molar-refractivity contribution < 1.29 is 9.53 Å².